The van der Waals surface area contributed by atoms with Crippen molar-refractivity contribution in [3.63, 3.8) is 0 Å². The lowest BCUT2D eigenvalue weighted by molar-refractivity contribution is 0.299. The molecule has 1 aromatic carbocycles. The summed E-state index contributed by atoms with van der Waals surface area (Å²) in [4.78, 5) is 2.62. The summed E-state index contributed by atoms with van der Waals surface area (Å²) in [6, 6.07) is 6.97. The number of halogens is 1. The van der Waals surface area contributed by atoms with Crippen molar-refractivity contribution in [3.05, 3.63) is 35.6 Å². The normalized spacial score (nSPS) is 28.3. The standard InChI is InChI=1S/C16H22FN/c17-16-7-5-13(6-8-16)9-10-18-11-14-3-1-2-4-15(14)12-18/h5-8,14-15H,1-4,9-12H2. The van der Waals surface area contributed by atoms with E-state index < -0.39 is 0 Å². The van der Waals surface area contributed by atoms with Crippen molar-refractivity contribution in [2.45, 2.75) is 32.1 Å². The zero-order valence-electron chi connectivity index (χ0n) is 10.9. The molecular formula is C16H22FN. The first-order chi connectivity index (χ1) is 8.81. The minimum Gasteiger partial charge on any atom is -0.302 e. The molecule has 1 aromatic rings. The molecule has 0 bridgehead atoms. The Labute approximate surface area is 109 Å². The van der Waals surface area contributed by atoms with Crippen LogP contribution in [0.3, 0.4) is 0 Å². The molecule has 1 saturated carbocycles. The van der Waals surface area contributed by atoms with Crippen molar-refractivity contribution in [2.75, 3.05) is 19.6 Å². The molecule has 1 nitrogen and oxygen atoms in total. The summed E-state index contributed by atoms with van der Waals surface area (Å²) in [7, 11) is 0. The first-order valence-electron chi connectivity index (χ1n) is 7.28. The maximum absolute atomic E-state index is 12.8. The SMILES string of the molecule is Fc1ccc(CCN2CC3CCCCC3C2)cc1. The Bertz CT molecular complexity index is 373. The van der Waals surface area contributed by atoms with Gasteiger partial charge in [0.25, 0.3) is 0 Å². The summed E-state index contributed by atoms with van der Waals surface area (Å²) in [6.07, 6.45) is 6.81. The van der Waals surface area contributed by atoms with E-state index in [4.69, 9.17) is 0 Å². The average Bonchev–Trinajstić information content (AvgIpc) is 2.81. The van der Waals surface area contributed by atoms with E-state index in [9.17, 15) is 4.39 Å². The van der Waals surface area contributed by atoms with Gasteiger partial charge in [-0.1, -0.05) is 25.0 Å². The number of fused-ring (bicyclic) bond motifs is 1. The van der Waals surface area contributed by atoms with Crippen LogP contribution in [0.5, 0.6) is 0 Å². The molecule has 1 aliphatic carbocycles. The van der Waals surface area contributed by atoms with Crippen LogP contribution in [0, 0.1) is 17.7 Å². The van der Waals surface area contributed by atoms with E-state index in [-0.39, 0.29) is 5.82 Å². The molecule has 2 unspecified atom stereocenters. The van der Waals surface area contributed by atoms with Crippen molar-refractivity contribution in [3.8, 4) is 0 Å². The van der Waals surface area contributed by atoms with Gasteiger partial charge in [0, 0.05) is 19.6 Å². The van der Waals surface area contributed by atoms with E-state index >= 15 is 0 Å². The van der Waals surface area contributed by atoms with Crippen LogP contribution in [-0.2, 0) is 6.42 Å². The van der Waals surface area contributed by atoms with Gasteiger partial charge in [0.15, 0.2) is 0 Å². The predicted molar refractivity (Wildman–Crippen MR) is 72.0 cm³/mol. The first kappa shape index (κ1) is 12.2. The van der Waals surface area contributed by atoms with Gasteiger partial charge in [-0.25, -0.2) is 4.39 Å². The Balaban J connectivity index is 1.50. The van der Waals surface area contributed by atoms with Crippen LogP contribution in [0.15, 0.2) is 24.3 Å². The molecule has 0 spiro atoms. The van der Waals surface area contributed by atoms with Crippen molar-refractivity contribution in [2.24, 2.45) is 11.8 Å². The number of hydrogen-bond donors (Lipinski definition) is 0. The summed E-state index contributed by atoms with van der Waals surface area (Å²) in [5.41, 5.74) is 1.26. The van der Waals surface area contributed by atoms with E-state index in [0.29, 0.717) is 0 Å². The number of rotatable bonds is 3. The highest BCUT2D eigenvalue weighted by molar-refractivity contribution is 5.16. The molecule has 1 saturated heterocycles. The Hall–Kier alpha value is -0.890. The van der Waals surface area contributed by atoms with Gasteiger partial charge in [-0.05, 0) is 48.8 Å². The summed E-state index contributed by atoms with van der Waals surface area (Å²) in [6.45, 7) is 3.73. The molecule has 98 valence electrons. The maximum atomic E-state index is 12.8. The van der Waals surface area contributed by atoms with Crippen molar-refractivity contribution in [1.29, 1.82) is 0 Å². The second-order valence-corrected chi connectivity index (χ2v) is 5.94. The second kappa shape index (κ2) is 5.40. The van der Waals surface area contributed by atoms with Gasteiger partial charge < -0.3 is 4.90 Å². The van der Waals surface area contributed by atoms with Gasteiger partial charge >= 0.3 is 0 Å². The lowest BCUT2D eigenvalue weighted by atomic mass is 9.82. The van der Waals surface area contributed by atoms with Gasteiger partial charge in [-0.3, -0.25) is 0 Å². The van der Waals surface area contributed by atoms with Gasteiger partial charge in [-0.15, -0.1) is 0 Å². The first-order valence-corrected chi connectivity index (χ1v) is 7.28. The van der Waals surface area contributed by atoms with Crippen molar-refractivity contribution >= 4 is 0 Å². The van der Waals surface area contributed by atoms with Gasteiger partial charge in [0.05, 0.1) is 0 Å². The largest absolute Gasteiger partial charge is 0.302 e. The Morgan fingerprint density at radius 1 is 1.00 bits per heavy atom. The van der Waals surface area contributed by atoms with Gasteiger partial charge in [0.2, 0.25) is 0 Å². The molecule has 0 N–H and O–H groups in total. The number of likely N-dealkylation sites (tertiary alicyclic amines) is 1. The van der Waals surface area contributed by atoms with Crippen molar-refractivity contribution < 1.29 is 4.39 Å². The predicted octanol–water partition coefficient (Wildman–Crippen LogP) is 3.49. The van der Waals surface area contributed by atoms with E-state index in [1.54, 1.807) is 12.1 Å². The monoisotopic (exact) mass is 247 g/mol. The fourth-order valence-electron chi connectivity index (χ4n) is 3.62. The number of nitrogens with zero attached hydrogens (tertiary/aromatic N) is 1. The number of hydrogen-bond acceptors (Lipinski definition) is 1. The number of benzene rings is 1. The second-order valence-electron chi connectivity index (χ2n) is 5.94. The minimum absolute atomic E-state index is 0.133. The third-order valence-electron chi connectivity index (χ3n) is 4.68. The van der Waals surface area contributed by atoms with Crippen LogP contribution < -0.4 is 0 Å². The molecule has 2 aliphatic rings. The van der Waals surface area contributed by atoms with Crippen molar-refractivity contribution in [1.82, 2.24) is 4.90 Å². The lowest BCUT2D eigenvalue weighted by Gasteiger charge is -2.23. The molecule has 1 aliphatic heterocycles. The van der Waals surface area contributed by atoms with Crippen LogP contribution in [-0.4, -0.2) is 24.5 Å². The highest BCUT2D eigenvalue weighted by atomic mass is 19.1. The van der Waals surface area contributed by atoms with Gasteiger partial charge in [-0.2, -0.15) is 0 Å². The quantitative estimate of drug-likeness (QED) is 0.790. The van der Waals surface area contributed by atoms with Crippen LogP contribution in [0.4, 0.5) is 4.39 Å². The summed E-state index contributed by atoms with van der Waals surface area (Å²) in [5, 5.41) is 0. The molecular weight excluding hydrogens is 225 g/mol. The van der Waals surface area contributed by atoms with E-state index in [1.165, 1.54) is 44.3 Å². The molecule has 2 heteroatoms. The smallest absolute Gasteiger partial charge is 0.123 e. The lowest BCUT2D eigenvalue weighted by Crippen LogP contribution is -2.23. The molecule has 0 aromatic heterocycles. The fraction of sp³-hybridized carbons (Fsp3) is 0.625. The summed E-state index contributed by atoms with van der Waals surface area (Å²) < 4.78 is 12.8. The summed E-state index contributed by atoms with van der Waals surface area (Å²) >= 11 is 0. The molecule has 0 amide bonds. The highest BCUT2D eigenvalue weighted by Gasteiger charge is 2.33. The average molecular weight is 247 g/mol. The molecule has 18 heavy (non-hydrogen) atoms. The third-order valence-corrected chi connectivity index (χ3v) is 4.68. The zero-order valence-corrected chi connectivity index (χ0v) is 10.9. The Morgan fingerprint density at radius 3 is 2.22 bits per heavy atom. The van der Waals surface area contributed by atoms with Crippen LogP contribution in [0.1, 0.15) is 31.2 Å². The molecule has 0 radical (unpaired) electrons. The third kappa shape index (κ3) is 2.74. The van der Waals surface area contributed by atoms with E-state index in [0.717, 1.165) is 24.8 Å². The molecule has 1 heterocycles. The zero-order chi connectivity index (χ0) is 12.4. The van der Waals surface area contributed by atoms with E-state index in [2.05, 4.69) is 4.90 Å². The molecule has 2 fully saturated rings. The van der Waals surface area contributed by atoms with Crippen LogP contribution in [0.2, 0.25) is 0 Å². The highest BCUT2D eigenvalue weighted by Crippen LogP contribution is 2.35. The van der Waals surface area contributed by atoms with Crippen LogP contribution >= 0.6 is 0 Å². The van der Waals surface area contributed by atoms with Gasteiger partial charge in [0.1, 0.15) is 5.82 Å². The van der Waals surface area contributed by atoms with E-state index in [1.807, 2.05) is 12.1 Å². The molecule has 2 atom stereocenters. The Morgan fingerprint density at radius 2 is 1.61 bits per heavy atom. The summed E-state index contributed by atoms with van der Waals surface area (Å²) in [5.74, 6) is 1.80. The fourth-order valence-corrected chi connectivity index (χ4v) is 3.62. The molecule has 3 rings (SSSR count). The maximum Gasteiger partial charge on any atom is 0.123 e. The topological polar surface area (TPSA) is 3.24 Å². The van der Waals surface area contributed by atoms with Crippen LogP contribution in [0.25, 0.3) is 0 Å². The minimum atomic E-state index is -0.133. The Kier molecular flexibility index (Phi) is 3.64.